The molecule has 4 heteroatoms. The average molecular weight is 217 g/mol. The molecule has 0 N–H and O–H groups in total. The minimum absolute atomic E-state index is 0.0761. The lowest BCUT2D eigenvalue weighted by molar-refractivity contribution is 0.588. The molecule has 3 rings (SSSR count). The predicted molar refractivity (Wildman–Crippen MR) is 64.6 cm³/mol. The van der Waals surface area contributed by atoms with Gasteiger partial charge in [0.15, 0.2) is 0 Å². The number of rotatable bonds is 1. The second-order valence-corrected chi connectivity index (χ2v) is 4.48. The fraction of sp³-hybridized carbons (Fsp3) is 0.417. The van der Waals surface area contributed by atoms with Crippen LogP contribution in [0.5, 0.6) is 0 Å². The summed E-state index contributed by atoms with van der Waals surface area (Å²) >= 11 is 0. The Balaban J connectivity index is 2.51. The van der Waals surface area contributed by atoms with E-state index in [1.54, 1.807) is 4.68 Å². The third-order valence-corrected chi connectivity index (χ3v) is 3.24. The first-order chi connectivity index (χ1) is 7.70. The molecule has 16 heavy (non-hydrogen) atoms. The Labute approximate surface area is 93.7 Å². The first kappa shape index (κ1) is 9.51. The molecule has 0 saturated carbocycles. The molecular formula is C12H15N3O. The highest BCUT2D eigenvalue weighted by Gasteiger charge is 2.19. The van der Waals surface area contributed by atoms with Crippen LogP contribution in [0.15, 0.2) is 23.0 Å². The number of nitrogens with zero attached hydrogens (tertiary/aromatic N) is 3. The smallest absolute Gasteiger partial charge is 0.314 e. The molecule has 4 nitrogen and oxygen atoms in total. The van der Waals surface area contributed by atoms with Crippen LogP contribution in [0.25, 0.3) is 11.0 Å². The average Bonchev–Trinajstić information content (AvgIpc) is 2.55. The maximum absolute atomic E-state index is 12.2. The van der Waals surface area contributed by atoms with Gasteiger partial charge in [0.25, 0.3) is 0 Å². The Bertz CT molecular complexity index is 606. The summed E-state index contributed by atoms with van der Waals surface area (Å²) in [5.74, 6) is 0. The van der Waals surface area contributed by atoms with Crippen LogP contribution < -0.4 is 10.7 Å². The van der Waals surface area contributed by atoms with Crippen LogP contribution in [0.2, 0.25) is 0 Å². The topological polar surface area (TPSA) is 30.2 Å². The summed E-state index contributed by atoms with van der Waals surface area (Å²) in [4.78, 5) is 12.2. The van der Waals surface area contributed by atoms with Gasteiger partial charge in [-0.05, 0) is 24.5 Å². The molecule has 0 saturated heterocycles. The van der Waals surface area contributed by atoms with Crippen molar-refractivity contribution < 1.29 is 0 Å². The Morgan fingerprint density at radius 2 is 2.12 bits per heavy atom. The predicted octanol–water partition coefficient (Wildman–Crippen LogP) is 0.947. The van der Waals surface area contributed by atoms with E-state index in [0.29, 0.717) is 0 Å². The summed E-state index contributed by atoms with van der Waals surface area (Å²) in [5, 5.41) is 1.84. The molecule has 0 unspecified atom stereocenters. The first-order valence-corrected chi connectivity index (χ1v) is 5.61. The fourth-order valence-electron chi connectivity index (χ4n) is 2.60. The quantitative estimate of drug-likeness (QED) is 0.712. The van der Waals surface area contributed by atoms with E-state index in [0.717, 1.165) is 30.4 Å². The van der Waals surface area contributed by atoms with Gasteiger partial charge in [-0.15, -0.1) is 0 Å². The molecule has 0 amide bonds. The molecule has 0 spiro atoms. The van der Waals surface area contributed by atoms with E-state index in [2.05, 4.69) is 6.07 Å². The highest BCUT2D eigenvalue weighted by atomic mass is 16.2. The van der Waals surface area contributed by atoms with Crippen molar-refractivity contribution in [2.75, 3.05) is 19.1 Å². The van der Waals surface area contributed by atoms with Crippen LogP contribution >= 0.6 is 0 Å². The zero-order chi connectivity index (χ0) is 11.3. The van der Waals surface area contributed by atoms with Gasteiger partial charge in [-0.1, -0.05) is 12.1 Å². The highest BCUT2D eigenvalue weighted by Crippen LogP contribution is 2.23. The van der Waals surface area contributed by atoms with Crippen LogP contribution in [-0.2, 0) is 13.0 Å². The minimum atomic E-state index is 0.0761. The summed E-state index contributed by atoms with van der Waals surface area (Å²) in [6.45, 7) is 0.840. The summed E-state index contributed by atoms with van der Waals surface area (Å²) in [6, 6.07) is 6.17. The number of benzene rings is 1. The van der Waals surface area contributed by atoms with Gasteiger partial charge in [0.2, 0.25) is 0 Å². The molecule has 84 valence electrons. The third kappa shape index (κ3) is 1.07. The van der Waals surface area contributed by atoms with Gasteiger partial charge < -0.3 is 5.01 Å². The number of hydrogen-bond donors (Lipinski definition) is 0. The van der Waals surface area contributed by atoms with Crippen LogP contribution in [0, 0.1) is 0 Å². The lowest BCUT2D eigenvalue weighted by Gasteiger charge is -2.13. The van der Waals surface area contributed by atoms with Crippen molar-refractivity contribution in [2.45, 2.75) is 19.4 Å². The zero-order valence-electron chi connectivity index (χ0n) is 9.60. The third-order valence-electron chi connectivity index (χ3n) is 3.24. The second-order valence-electron chi connectivity index (χ2n) is 4.48. The van der Waals surface area contributed by atoms with Crippen LogP contribution in [0.3, 0.4) is 0 Å². The van der Waals surface area contributed by atoms with Crippen molar-refractivity contribution in [3.63, 3.8) is 0 Å². The van der Waals surface area contributed by atoms with Gasteiger partial charge in [0.05, 0.1) is 11.0 Å². The first-order valence-electron chi connectivity index (χ1n) is 5.61. The van der Waals surface area contributed by atoms with Crippen molar-refractivity contribution in [1.82, 2.24) is 9.24 Å². The second kappa shape index (κ2) is 3.14. The Kier molecular flexibility index (Phi) is 1.87. The monoisotopic (exact) mass is 217 g/mol. The maximum Gasteiger partial charge on any atom is 0.347 e. The fourth-order valence-corrected chi connectivity index (χ4v) is 2.60. The van der Waals surface area contributed by atoms with Crippen molar-refractivity contribution in [2.24, 2.45) is 0 Å². The number of hydrogen-bond acceptors (Lipinski definition) is 2. The molecule has 0 bridgehead atoms. The van der Waals surface area contributed by atoms with Crippen molar-refractivity contribution in [3.8, 4) is 0 Å². The maximum atomic E-state index is 12.2. The van der Waals surface area contributed by atoms with Crippen LogP contribution in [-0.4, -0.2) is 23.3 Å². The largest absolute Gasteiger partial charge is 0.347 e. The normalized spacial score (nSPS) is 14.4. The highest BCUT2D eigenvalue weighted by molar-refractivity contribution is 5.80. The van der Waals surface area contributed by atoms with Crippen molar-refractivity contribution in [1.29, 1.82) is 0 Å². The molecular weight excluding hydrogens is 202 g/mol. The SMILES string of the molecule is CN(C)n1c(=O)n2c3c(cccc31)CCC2. The molecule has 1 aliphatic rings. The Hall–Kier alpha value is -1.71. The molecule has 2 heterocycles. The van der Waals surface area contributed by atoms with E-state index < -0.39 is 0 Å². The summed E-state index contributed by atoms with van der Waals surface area (Å²) in [6.07, 6.45) is 2.14. The molecule has 1 aromatic heterocycles. The molecule has 0 atom stereocenters. The molecule has 0 fully saturated rings. The Morgan fingerprint density at radius 1 is 1.31 bits per heavy atom. The van der Waals surface area contributed by atoms with E-state index in [4.69, 9.17) is 0 Å². The molecule has 1 aliphatic heterocycles. The Morgan fingerprint density at radius 3 is 2.88 bits per heavy atom. The molecule has 0 aliphatic carbocycles. The number of imidazole rings is 1. The minimum Gasteiger partial charge on any atom is -0.314 e. The van der Waals surface area contributed by atoms with Gasteiger partial charge in [-0.2, -0.15) is 0 Å². The lowest BCUT2D eigenvalue weighted by Crippen LogP contribution is -2.36. The van der Waals surface area contributed by atoms with Crippen LogP contribution in [0.4, 0.5) is 0 Å². The van der Waals surface area contributed by atoms with E-state index in [9.17, 15) is 4.79 Å². The van der Waals surface area contributed by atoms with E-state index in [-0.39, 0.29) is 5.69 Å². The number of aryl methyl sites for hydroxylation is 2. The van der Waals surface area contributed by atoms with E-state index in [1.807, 2.05) is 35.8 Å². The summed E-state index contributed by atoms with van der Waals surface area (Å²) < 4.78 is 3.64. The lowest BCUT2D eigenvalue weighted by atomic mass is 10.1. The van der Waals surface area contributed by atoms with Gasteiger partial charge >= 0.3 is 5.69 Å². The van der Waals surface area contributed by atoms with Crippen molar-refractivity contribution in [3.05, 3.63) is 34.2 Å². The van der Waals surface area contributed by atoms with E-state index in [1.165, 1.54) is 5.56 Å². The van der Waals surface area contributed by atoms with E-state index >= 15 is 0 Å². The summed E-state index contributed by atoms with van der Waals surface area (Å²) in [7, 11) is 3.80. The van der Waals surface area contributed by atoms with Crippen molar-refractivity contribution >= 4 is 11.0 Å². The molecule has 2 aromatic rings. The molecule has 0 radical (unpaired) electrons. The molecule has 1 aromatic carbocycles. The standard InChI is InChI=1S/C12H15N3O/c1-13(2)15-10-7-3-5-9-6-4-8-14(11(9)10)12(15)16/h3,5,7H,4,6,8H2,1-2H3. The number of aromatic nitrogens is 2. The van der Waals surface area contributed by atoms with Gasteiger partial charge in [0, 0.05) is 20.6 Å². The van der Waals surface area contributed by atoms with Gasteiger partial charge in [0.1, 0.15) is 0 Å². The zero-order valence-corrected chi connectivity index (χ0v) is 9.60. The number of para-hydroxylation sites is 1. The van der Waals surface area contributed by atoms with Crippen LogP contribution in [0.1, 0.15) is 12.0 Å². The van der Waals surface area contributed by atoms with Gasteiger partial charge in [-0.3, -0.25) is 4.57 Å². The summed E-state index contributed by atoms with van der Waals surface area (Å²) in [5.41, 5.74) is 3.51. The van der Waals surface area contributed by atoms with Gasteiger partial charge in [-0.25, -0.2) is 9.47 Å².